The monoisotopic (exact) mass is 170 g/mol. The predicted octanol–water partition coefficient (Wildman–Crippen LogP) is 1.50. The first-order chi connectivity index (χ1) is 5.40. The Labute approximate surface area is 75.9 Å². The van der Waals surface area contributed by atoms with Crippen LogP contribution in [0, 0.1) is 5.41 Å². The highest BCUT2D eigenvalue weighted by Gasteiger charge is 2.40. The molecule has 0 aliphatic heterocycles. The summed E-state index contributed by atoms with van der Waals surface area (Å²) in [6, 6.07) is 0.374. The molecule has 1 fully saturated rings. The minimum Gasteiger partial charge on any atom is -0.327 e. The van der Waals surface area contributed by atoms with Crippen molar-refractivity contribution in [1.82, 2.24) is 5.32 Å². The summed E-state index contributed by atoms with van der Waals surface area (Å²) in [6.07, 6.45) is 3.52. The minimum atomic E-state index is 0.288. The number of hydrogen-bond acceptors (Lipinski definition) is 2. The van der Waals surface area contributed by atoms with Crippen molar-refractivity contribution in [2.75, 3.05) is 7.05 Å². The van der Waals surface area contributed by atoms with E-state index in [-0.39, 0.29) is 5.41 Å². The van der Waals surface area contributed by atoms with Crippen LogP contribution in [0.25, 0.3) is 0 Å². The van der Waals surface area contributed by atoms with Gasteiger partial charge in [-0.1, -0.05) is 13.8 Å². The maximum Gasteiger partial charge on any atom is 0.0156 e. The molecule has 2 nitrogen and oxygen atoms in total. The van der Waals surface area contributed by atoms with Gasteiger partial charge in [-0.15, -0.1) is 0 Å². The number of hydrogen-bond donors (Lipinski definition) is 2. The highest BCUT2D eigenvalue weighted by Crippen LogP contribution is 2.39. The summed E-state index contributed by atoms with van der Waals surface area (Å²) in [5.74, 6) is 0. The molecule has 0 heterocycles. The highest BCUT2D eigenvalue weighted by atomic mass is 14.9. The molecule has 2 atom stereocenters. The van der Waals surface area contributed by atoms with Gasteiger partial charge < -0.3 is 11.1 Å². The van der Waals surface area contributed by atoms with E-state index in [1.165, 1.54) is 12.8 Å². The topological polar surface area (TPSA) is 38.0 Å². The normalized spacial score (nSPS) is 41.2. The molecular formula is C10H22N2. The summed E-state index contributed by atoms with van der Waals surface area (Å²) >= 11 is 0. The number of nitrogens with two attached hydrogens (primary N) is 1. The van der Waals surface area contributed by atoms with E-state index in [9.17, 15) is 0 Å². The molecule has 2 heteroatoms. The Bertz CT molecular complexity index is 162. The van der Waals surface area contributed by atoms with Crippen LogP contribution in [0.4, 0.5) is 0 Å². The smallest absolute Gasteiger partial charge is 0.0156 e. The molecule has 1 aliphatic carbocycles. The molecule has 1 saturated carbocycles. The summed E-state index contributed by atoms with van der Waals surface area (Å²) in [4.78, 5) is 0. The zero-order chi connectivity index (χ0) is 9.41. The van der Waals surface area contributed by atoms with Gasteiger partial charge in [-0.25, -0.2) is 0 Å². The van der Waals surface area contributed by atoms with E-state index in [4.69, 9.17) is 5.73 Å². The average molecular weight is 170 g/mol. The molecule has 72 valence electrons. The van der Waals surface area contributed by atoms with Crippen molar-refractivity contribution in [3.63, 3.8) is 0 Å². The average Bonchev–Trinajstić information content (AvgIpc) is 1.97. The molecule has 2 unspecified atom stereocenters. The van der Waals surface area contributed by atoms with Gasteiger partial charge in [-0.2, -0.15) is 0 Å². The molecule has 0 aromatic heterocycles. The Morgan fingerprint density at radius 1 is 1.33 bits per heavy atom. The number of nitrogens with one attached hydrogen (secondary N) is 1. The van der Waals surface area contributed by atoms with Crippen molar-refractivity contribution < 1.29 is 0 Å². The molecule has 0 amide bonds. The Morgan fingerprint density at radius 2 is 1.92 bits per heavy atom. The molecule has 0 saturated heterocycles. The third-order valence-electron chi connectivity index (χ3n) is 3.46. The largest absolute Gasteiger partial charge is 0.327 e. The fourth-order valence-electron chi connectivity index (χ4n) is 2.30. The molecule has 3 N–H and O–H groups in total. The summed E-state index contributed by atoms with van der Waals surface area (Å²) in [6.45, 7) is 6.83. The van der Waals surface area contributed by atoms with E-state index in [1.807, 2.05) is 7.05 Å². The minimum absolute atomic E-state index is 0.288. The van der Waals surface area contributed by atoms with Gasteiger partial charge in [0.15, 0.2) is 0 Å². The maximum atomic E-state index is 6.06. The zero-order valence-electron chi connectivity index (χ0n) is 8.78. The summed E-state index contributed by atoms with van der Waals surface area (Å²) in [7, 11) is 2.05. The Balaban J connectivity index is 2.68. The van der Waals surface area contributed by atoms with Crippen LogP contribution in [0.3, 0.4) is 0 Å². The fraction of sp³-hybridized carbons (Fsp3) is 1.00. The van der Waals surface area contributed by atoms with Gasteiger partial charge in [-0.3, -0.25) is 0 Å². The van der Waals surface area contributed by atoms with Gasteiger partial charge in [0.25, 0.3) is 0 Å². The van der Waals surface area contributed by atoms with E-state index in [0.717, 1.165) is 6.42 Å². The molecular weight excluding hydrogens is 148 g/mol. The SMILES string of the molecule is CNC1(C)CCC(N)C(C)(C)C1. The third kappa shape index (κ3) is 1.80. The van der Waals surface area contributed by atoms with Gasteiger partial charge in [0, 0.05) is 11.6 Å². The third-order valence-corrected chi connectivity index (χ3v) is 3.46. The molecule has 0 aromatic carbocycles. The lowest BCUT2D eigenvalue weighted by molar-refractivity contribution is 0.114. The van der Waals surface area contributed by atoms with Crippen molar-refractivity contribution in [1.29, 1.82) is 0 Å². The predicted molar refractivity (Wildman–Crippen MR) is 53.1 cm³/mol. The van der Waals surface area contributed by atoms with E-state index in [2.05, 4.69) is 26.1 Å². The van der Waals surface area contributed by atoms with Crippen LogP contribution >= 0.6 is 0 Å². The van der Waals surface area contributed by atoms with Crippen LogP contribution in [0.5, 0.6) is 0 Å². The molecule has 1 rings (SSSR count). The summed E-state index contributed by atoms with van der Waals surface area (Å²) < 4.78 is 0. The second-order valence-electron chi connectivity index (χ2n) is 5.12. The lowest BCUT2D eigenvalue weighted by Crippen LogP contribution is -2.54. The van der Waals surface area contributed by atoms with Gasteiger partial charge in [0.05, 0.1) is 0 Å². The molecule has 0 radical (unpaired) electrons. The van der Waals surface area contributed by atoms with E-state index in [1.54, 1.807) is 0 Å². The van der Waals surface area contributed by atoms with Crippen LogP contribution in [-0.4, -0.2) is 18.6 Å². The molecule has 0 aromatic rings. The van der Waals surface area contributed by atoms with E-state index in [0.29, 0.717) is 11.6 Å². The van der Waals surface area contributed by atoms with Crippen LogP contribution in [-0.2, 0) is 0 Å². The lowest BCUT2D eigenvalue weighted by Gasteiger charge is -2.46. The van der Waals surface area contributed by atoms with Gasteiger partial charge in [-0.05, 0) is 38.6 Å². The Kier molecular flexibility index (Phi) is 2.50. The van der Waals surface area contributed by atoms with Gasteiger partial charge >= 0.3 is 0 Å². The van der Waals surface area contributed by atoms with E-state index < -0.39 is 0 Å². The molecule has 0 bridgehead atoms. The maximum absolute atomic E-state index is 6.06. The molecule has 0 spiro atoms. The van der Waals surface area contributed by atoms with Crippen LogP contribution < -0.4 is 11.1 Å². The fourth-order valence-corrected chi connectivity index (χ4v) is 2.30. The van der Waals surface area contributed by atoms with Gasteiger partial charge in [0.1, 0.15) is 0 Å². The standard InChI is InChI=1S/C10H22N2/c1-9(2)7-10(3,12-4)6-5-8(9)11/h8,12H,5-7,11H2,1-4H3. The van der Waals surface area contributed by atoms with Crippen molar-refractivity contribution in [3.05, 3.63) is 0 Å². The zero-order valence-corrected chi connectivity index (χ0v) is 8.78. The van der Waals surface area contributed by atoms with Crippen molar-refractivity contribution in [3.8, 4) is 0 Å². The summed E-state index contributed by atoms with van der Waals surface area (Å²) in [5, 5.41) is 3.40. The van der Waals surface area contributed by atoms with Crippen molar-refractivity contribution in [2.24, 2.45) is 11.1 Å². The van der Waals surface area contributed by atoms with Gasteiger partial charge in [0.2, 0.25) is 0 Å². The highest BCUT2D eigenvalue weighted by molar-refractivity contribution is 4.98. The summed E-state index contributed by atoms with van der Waals surface area (Å²) in [5.41, 5.74) is 6.65. The lowest BCUT2D eigenvalue weighted by atomic mass is 9.66. The Hall–Kier alpha value is -0.0800. The van der Waals surface area contributed by atoms with Crippen LogP contribution in [0.1, 0.15) is 40.0 Å². The second-order valence-corrected chi connectivity index (χ2v) is 5.12. The Morgan fingerprint density at radius 3 is 2.33 bits per heavy atom. The van der Waals surface area contributed by atoms with Crippen LogP contribution in [0.15, 0.2) is 0 Å². The molecule has 1 aliphatic rings. The first-order valence-electron chi connectivity index (χ1n) is 4.84. The van der Waals surface area contributed by atoms with Crippen molar-refractivity contribution in [2.45, 2.75) is 51.6 Å². The van der Waals surface area contributed by atoms with E-state index >= 15 is 0 Å². The van der Waals surface area contributed by atoms with Crippen LogP contribution in [0.2, 0.25) is 0 Å². The first kappa shape index (κ1) is 10.0. The molecule has 12 heavy (non-hydrogen) atoms. The quantitative estimate of drug-likeness (QED) is 0.626. The van der Waals surface area contributed by atoms with Crippen molar-refractivity contribution >= 4 is 0 Å². The second kappa shape index (κ2) is 3.00. The number of rotatable bonds is 1. The first-order valence-corrected chi connectivity index (χ1v) is 4.84.